The molecule has 0 aromatic heterocycles. The van der Waals surface area contributed by atoms with Crippen LogP contribution in [0.1, 0.15) is 36.5 Å². The molecule has 1 aliphatic rings. The Labute approximate surface area is 154 Å². The van der Waals surface area contributed by atoms with Gasteiger partial charge in [0.2, 0.25) is 0 Å². The maximum Gasteiger partial charge on any atom is 0.265 e. The van der Waals surface area contributed by atoms with Crippen LogP contribution in [-0.2, 0) is 4.79 Å². The molecule has 5 heteroatoms. The highest BCUT2D eigenvalue weighted by Gasteiger charge is 2.20. The van der Waals surface area contributed by atoms with Crippen LogP contribution < -0.4 is 10.1 Å². The average molecular weight is 352 g/mol. The minimum Gasteiger partial charge on any atom is -0.481 e. The fraction of sp³-hybridized carbons (Fsp3) is 0.333. The minimum atomic E-state index is -0.566. The number of nitrogens with zero attached hydrogens (tertiary/aromatic N) is 1. The molecule has 0 radical (unpaired) electrons. The maximum absolute atomic E-state index is 12.5. The van der Waals surface area contributed by atoms with Crippen molar-refractivity contribution >= 4 is 17.5 Å². The molecule has 1 atom stereocenters. The minimum absolute atomic E-state index is 0.0548. The van der Waals surface area contributed by atoms with Gasteiger partial charge >= 0.3 is 0 Å². The number of ether oxygens (including phenoxy) is 1. The molecule has 1 N–H and O–H groups in total. The second-order valence-corrected chi connectivity index (χ2v) is 6.39. The van der Waals surface area contributed by atoms with Gasteiger partial charge in [-0.1, -0.05) is 25.1 Å². The molecular formula is C21H24N2O3. The largest absolute Gasteiger partial charge is 0.481 e. The van der Waals surface area contributed by atoms with Crippen molar-refractivity contribution in [1.82, 2.24) is 4.90 Å². The Kier molecular flexibility index (Phi) is 5.89. The van der Waals surface area contributed by atoms with Gasteiger partial charge in [0.15, 0.2) is 6.10 Å². The first-order valence-corrected chi connectivity index (χ1v) is 9.09. The molecule has 136 valence electrons. The van der Waals surface area contributed by atoms with Gasteiger partial charge in [-0.15, -0.1) is 0 Å². The molecule has 0 unspecified atom stereocenters. The van der Waals surface area contributed by atoms with Gasteiger partial charge < -0.3 is 15.0 Å². The highest BCUT2D eigenvalue weighted by molar-refractivity contribution is 5.97. The number of rotatable bonds is 6. The predicted molar refractivity (Wildman–Crippen MR) is 101 cm³/mol. The van der Waals surface area contributed by atoms with E-state index < -0.39 is 6.10 Å². The highest BCUT2D eigenvalue weighted by Crippen LogP contribution is 2.17. The number of carbonyl (C=O) groups excluding carboxylic acids is 2. The van der Waals surface area contributed by atoms with E-state index in [1.165, 1.54) is 0 Å². The molecule has 1 heterocycles. The summed E-state index contributed by atoms with van der Waals surface area (Å²) in [6.45, 7) is 3.56. The maximum atomic E-state index is 12.5. The molecule has 26 heavy (non-hydrogen) atoms. The summed E-state index contributed by atoms with van der Waals surface area (Å²) in [6, 6.07) is 16.3. The third-order valence-corrected chi connectivity index (χ3v) is 4.48. The normalized spacial score (nSPS) is 14.7. The van der Waals surface area contributed by atoms with E-state index in [0.29, 0.717) is 23.4 Å². The summed E-state index contributed by atoms with van der Waals surface area (Å²) < 4.78 is 5.75. The fourth-order valence-corrected chi connectivity index (χ4v) is 3.01. The zero-order chi connectivity index (χ0) is 18.4. The molecular weight excluding hydrogens is 328 g/mol. The number of hydrogen-bond donors (Lipinski definition) is 1. The number of para-hydroxylation sites is 1. The van der Waals surface area contributed by atoms with E-state index in [1.54, 1.807) is 24.3 Å². The zero-order valence-corrected chi connectivity index (χ0v) is 15.0. The van der Waals surface area contributed by atoms with E-state index in [4.69, 9.17) is 4.74 Å². The van der Waals surface area contributed by atoms with Crippen molar-refractivity contribution in [1.29, 1.82) is 0 Å². The Bertz CT molecular complexity index is 738. The summed E-state index contributed by atoms with van der Waals surface area (Å²) in [6.07, 6.45) is 2.13. The van der Waals surface area contributed by atoms with E-state index in [0.717, 1.165) is 25.9 Å². The van der Waals surface area contributed by atoms with Crippen molar-refractivity contribution in [2.75, 3.05) is 18.4 Å². The van der Waals surface area contributed by atoms with E-state index in [2.05, 4.69) is 5.32 Å². The molecule has 5 nitrogen and oxygen atoms in total. The van der Waals surface area contributed by atoms with Gasteiger partial charge in [-0.3, -0.25) is 9.59 Å². The number of benzene rings is 2. The van der Waals surface area contributed by atoms with Gasteiger partial charge in [0, 0.05) is 24.3 Å². The van der Waals surface area contributed by atoms with Crippen molar-refractivity contribution < 1.29 is 14.3 Å². The standard InChI is InChI=1S/C21H24N2O3/c1-2-19(26-18-8-4-3-5-9-18)20(24)22-17-12-10-16(11-13-17)21(25)23-14-6-7-15-23/h3-5,8-13,19H,2,6-7,14-15H2,1H3,(H,22,24)/t19-/m1/s1. The Hall–Kier alpha value is -2.82. The second kappa shape index (κ2) is 8.52. The third kappa shape index (κ3) is 4.42. The van der Waals surface area contributed by atoms with E-state index in [-0.39, 0.29) is 11.8 Å². The number of amides is 2. The van der Waals surface area contributed by atoms with Crippen molar-refractivity contribution in [2.24, 2.45) is 0 Å². The summed E-state index contributed by atoms with van der Waals surface area (Å²) in [4.78, 5) is 26.7. The average Bonchev–Trinajstić information content (AvgIpc) is 3.21. The van der Waals surface area contributed by atoms with Crippen LogP contribution in [0, 0.1) is 0 Å². The first-order chi connectivity index (χ1) is 12.7. The smallest absolute Gasteiger partial charge is 0.265 e. The molecule has 0 aliphatic carbocycles. The number of nitrogens with one attached hydrogen (secondary N) is 1. The lowest BCUT2D eigenvalue weighted by atomic mass is 10.1. The number of anilines is 1. The molecule has 1 fully saturated rings. The lowest BCUT2D eigenvalue weighted by Crippen LogP contribution is -2.32. The van der Waals surface area contributed by atoms with Crippen LogP contribution >= 0.6 is 0 Å². The van der Waals surface area contributed by atoms with E-state index in [9.17, 15) is 9.59 Å². The lowest BCUT2D eigenvalue weighted by molar-refractivity contribution is -0.122. The van der Waals surface area contributed by atoms with Crippen molar-refractivity contribution in [3.8, 4) is 5.75 Å². The van der Waals surface area contributed by atoms with Gasteiger partial charge in [-0.25, -0.2) is 0 Å². The van der Waals surface area contributed by atoms with E-state index in [1.807, 2.05) is 42.2 Å². The molecule has 0 spiro atoms. The topological polar surface area (TPSA) is 58.6 Å². The van der Waals surface area contributed by atoms with Gasteiger partial charge in [0.1, 0.15) is 5.75 Å². The molecule has 1 saturated heterocycles. The molecule has 0 saturated carbocycles. The summed E-state index contributed by atoms with van der Waals surface area (Å²) in [5, 5.41) is 2.86. The lowest BCUT2D eigenvalue weighted by Gasteiger charge is -2.18. The number of likely N-dealkylation sites (tertiary alicyclic amines) is 1. The Morgan fingerprint density at radius 2 is 1.69 bits per heavy atom. The van der Waals surface area contributed by atoms with Crippen LogP contribution in [-0.4, -0.2) is 35.9 Å². The summed E-state index contributed by atoms with van der Waals surface area (Å²) >= 11 is 0. The van der Waals surface area contributed by atoms with Crippen LogP contribution in [0.4, 0.5) is 5.69 Å². The monoisotopic (exact) mass is 352 g/mol. The Balaban J connectivity index is 1.60. The zero-order valence-electron chi connectivity index (χ0n) is 15.0. The quantitative estimate of drug-likeness (QED) is 0.862. The molecule has 2 aromatic carbocycles. The van der Waals surface area contributed by atoms with Crippen molar-refractivity contribution in [3.05, 3.63) is 60.2 Å². The molecule has 2 amide bonds. The first-order valence-electron chi connectivity index (χ1n) is 9.09. The van der Waals surface area contributed by atoms with Crippen LogP contribution in [0.5, 0.6) is 5.75 Å². The SMILES string of the molecule is CC[C@@H](Oc1ccccc1)C(=O)Nc1ccc(C(=O)N2CCCC2)cc1. The number of hydrogen-bond acceptors (Lipinski definition) is 3. The molecule has 2 aromatic rings. The number of carbonyl (C=O) groups is 2. The van der Waals surface area contributed by atoms with Crippen LogP contribution in [0.3, 0.4) is 0 Å². The van der Waals surface area contributed by atoms with Crippen molar-refractivity contribution in [3.63, 3.8) is 0 Å². The predicted octanol–water partition coefficient (Wildman–Crippen LogP) is 3.72. The highest BCUT2D eigenvalue weighted by atomic mass is 16.5. The third-order valence-electron chi connectivity index (χ3n) is 4.48. The first kappa shape index (κ1) is 18.0. The Morgan fingerprint density at radius 3 is 2.31 bits per heavy atom. The van der Waals surface area contributed by atoms with Gasteiger partial charge in [-0.2, -0.15) is 0 Å². The molecule has 1 aliphatic heterocycles. The summed E-state index contributed by atoms with van der Waals surface area (Å²) in [5.74, 6) is 0.523. The summed E-state index contributed by atoms with van der Waals surface area (Å²) in [5.41, 5.74) is 1.31. The van der Waals surface area contributed by atoms with E-state index >= 15 is 0 Å². The van der Waals surface area contributed by atoms with Gasteiger partial charge in [-0.05, 0) is 55.7 Å². The van der Waals surface area contributed by atoms with Gasteiger partial charge in [0.25, 0.3) is 11.8 Å². The Morgan fingerprint density at radius 1 is 1.04 bits per heavy atom. The van der Waals surface area contributed by atoms with Crippen LogP contribution in [0.15, 0.2) is 54.6 Å². The van der Waals surface area contributed by atoms with Crippen LogP contribution in [0.25, 0.3) is 0 Å². The second-order valence-electron chi connectivity index (χ2n) is 6.39. The van der Waals surface area contributed by atoms with Gasteiger partial charge in [0.05, 0.1) is 0 Å². The summed E-state index contributed by atoms with van der Waals surface area (Å²) in [7, 11) is 0. The molecule has 0 bridgehead atoms. The van der Waals surface area contributed by atoms with Crippen molar-refractivity contribution in [2.45, 2.75) is 32.3 Å². The molecule has 3 rings (SSSR count). The van der Waals surface area contributed by atoms with Crippen LogP contribution in [0.2, 0.25) is 0 Å². The fourth-order valence-electron chi connectivity index (χ4n) is 3.01.